The van der Waals surface area contributed by atoms with Crippen LogP contribution >= 0.6 is 0 Å². The quantitative estimate of drug-likeness (QED) is 0.0362. The van der Waals surface area contributed by atoms with Gasteiger partial charge in [-0.2, -0.15) is 0 Å². The van der Waals surface area contributed by atoms with E-state index in [-0.39, 0.29) is 31.5 Å². The molecule has 6 aromatic carbocycles. The molecule has 0 saturated heterocycles. The first-order valence-electron chi connectivity index (χ1n) is 25.1. The summed E-state index contributed by atoms with van der Waals surface area (Å²) in [5.74, 6) is -0.950. The summed E-state index contributed by atoms with van der Waals surface area (Å²) < 4.78 is 25.5. The minimum Gasteiger partial charge on any atom is -0.481 e. The Morgan fingerprint density at radius 3 is 1.41 bits per heavy atom. The predicted molar refractivity (Wildman–Crippen MR) is 274 cm³/mol. The van der Waals surface area contributed by atoms with Crippen molar-refractivity contribution in [1.82, 2.24) is 10.6 Å². The number of nitrogens with one attached hydrogen (secondary N) is 2. The van der Waals surface area contributed by atoms with Crippen LogP contribution in [0.15, 0.2) is 158 Å². The van der Waals surface area contributed by atoms with E-state index >= 15 is 0 Å². The fourth-order valence-corrected chi connectivity index (χ4v) is 10.2. The van der Waals surface area contributed by atoms with Crippen LogP contribution in [0.3, 0.4) is 0 Å². The third kappa shape index (κ3) is 13.5. The second-order valence-corrected chi connectivity index (χ2v) is 18.6. The minimum atomic E-state index is -0.742. The molecule has 2 aliphatic carbocycles. The zero-order valence-corrected chi connectivity index (χ0v) is 40.2. The van der Waals surface area contributed by atoms with Crippen LogP contribution in [0.2, 0.25) is 0 Å². The van der Waals surface area contributed by atoms with E-state index in [1.54, 1.807) is 0 Å². The van der Waals surface area contributed by atoms with Gasteiger partial charge in [0.1, 0.15) is 13.2 Å². The molecule has 2 aliphatic rings. The van der Waals surface area contributed by atoms with Crippen molar-refractivity contribution in [2.24, 2.45) is 0 Å². The molecule has 0 aromatic heterocycles. The highest BCUT2D eigenvalue weighted by Gasteiger charge is 2.34. The van der Waals surface area contributed by atoms with Gasteiger partial charge in [-0.1, -0.05) is 190 Å². The van der Waals surface area contributed by atoms with Gasteiger partial charge in [0, 0.05) is 30.9 Å². The third-order valence-electron chi connectivity index (χ3n) is 13.7. The van der Waals surface area contributed by atoms with E-state index in [9.17, 15) is 14.4 Å². The number of carbonyl (C=O) groups is 3. The molecule has 0 saturated carbocycles. The van der Waals surface area contributed by atoms with E-state index in [2.05, 4.69) is 59.2 Å². The fraction of sp³-hybridized carbons (Fsp3) is 0.350. The van der Waals surface area contributed by atoms with Crippen molar-refractivity contribution in [2.45, 2.75) is 114 Å². The molecule has 8 rings (SSSR count). The average Bonchev–Trinajstić information content (AvgIpc) is 3.87. The molecule has 0 radical (unpaired) electrons. The molecule has 3 N–H and O–H groups in total. The van der Waals surface area contributed by atoms with Crippen LogP contribution in [0.25, 0.3) is 22.3 Å². The highest BCUT2D eigenvalue weighted by Crippen LogP contribution is 2.45. The van der Waals surface area contributed by atoms with Crippen LogP contribution in [0, 0.1) is 0 Å². The van der Waals surface area contributed by atoms with Crippen molar-refractivity contribution in [2.75, 3.05) is 19.8 Å². The summed E-state index contributed by atoms with van der Waals surface area (Å²) >= 11 is 0. The Balaban J connectivity index is 0.994. The molecule has 4 atom stereocenters. The van der Waals surface area contributed by atoms with Crippen LogP contribution in [0.1, 0.15) is 110 Å². The first-order chi connectivity index (χ1) is 34.3. The summed E-state index contributed by atoms with van der Waals surface area (Å²) in [6.45, 7) is 2.70. The number of rotatable bonds is 26. The van der Waals surface area contributed by atoms with Gasteiger partial charge in [-0.05, 0) is 94.7 Å². The number of carboxylic acids is 1. The van der Waals surface area contributed by atoms with E-state index < -0.39 is 42.6 Å². The van der Waals surface area contributed by atoms with Gasteiger partial charge in [-0.15, -0.1) is 0 Å². The van der Waals surface area contributed by atoms with Crippen molar-refractivity contribution < 1.29 is 38.4 Å². The number of hydrogen-bond acceptors (Lipinski definition) is 7. The lowest BCUT2D eigenvalue weighted by atomic mass is 9.93. The second kappa shape index (κ2) is 25.2. The molecule has 0 bridgehead atoms. The molecule has 0 spiro atoms. The number of unbranched alkanes of at least 4 members (excludes halogenated alkanes) is 6. The van der Waals surface area contributed by atoms with Crippen LogP contribution in [-0.2, 0) is 36.6 Å². The number of carbonyl (C=O) groups excluding carboxylic acids is 2. The van der Waals surface area contributed by atoms with E-state index in [0.717, 1.165) is 94.2 Å². The van der Waals surface area contributed by atoms with Gasteiger partial charge in [-0.3, -0.25) is 4.79 Å². The number of aliphatic carboxylic acids is 1. The fourth-order valence-electron chi connectivity index (χ4n) is 10.2. The largest absolute Gasteiger partial charge is 0.481 e. The van der Waals surface area contributed by atoms with Crippen LogP contribution in [-0.4, -0.2) is 67.6 Å². The summed E-state index contributed by atoms with van der Waals surface area (Å²) in [6, 6.07) is 52.1. The van der Waals surface area contributed by atoms with Gasteiger partial charge in [0.25, 0.3) is 0 Å². The van der Waals surface area contributed by atoms with E-state index in [1.807, 2.05) is 116 Å². The Morgan fingerprint density at radius 1 is 0.514 bits per heavy atom. The average molecular weight is 943 g/mol. The van der Waals surface area contributed by atoms with Gasteiger partial charge in [0.15, 0.2) is 6.29 Å². The SMILES string of the molecule is CC(OCCCCCCCCCC(=O)O)O[C@@H](C[C@H](Cc1ccccc1)NC(=O)OCC1c2ccccc2-c2ccccc21)[C@H](Cc1ccccc1)NC(=O)OCC1c2ccccc2-c2ccccc21. The van der Waals surface area contributed by atoms with Gasteiger partial charge in [0.05, 0.1) is 12.1 Å². The molecule has 6 aromatic rings. The van der Waals surface area contributed by atoms with Crippen molar-refractivity contribution in [3.63, 3.8) is 0 Å². The molecular formula is C60H66N2O8. The first-order valence-corrected chi connectivity index (χ1v) is 25.1. The van der Waals surface area contributed by atoms with Crippen LogP contribution in [0.4, 0.5) is 9.59 Å². The molecule has 0 fully saturated rings. The number of hydrogen-bond donors (Lipinski definition) is 3. The van der Waals surface area contributed by atoms with Gasteiger partial charge in [0.2, 0.25) is 0 Å². The summed E-state index contributed by atoms with van der Waals surface area (Å²) in [5, 5.41) is 15.4. The molecule has 70 heavy (non-hydrogen) atoms. The Kier molecular flexibility index (Phi) is 17.9. The first kappa shape index (κ1) is 49.7. The van der Waals surface area contributed by atoms with Crippen molar-refractivity contribution in [3.8, 4) is 22.3 Å². The summed E-state index contributed by atoms with van der Waals surface area (Å²) in [6.07, 6.45) is 5.64. The number of carboxylic acid groups (broad SMARTS) is 1. The molecule has 10 heteroatoms. The number of alkyl carbamates (subject to hydrolysis) is 2. The second-order valence-electron chi connectivity index (χ2n) is 18.6. The molecule has 10 nitrogen and oxygen atoms in total. The normalized spacial score (nSPS) is 14.3. The van der Waals surface area contributed by atoms with Gasteiger partial charge >= 0.3 is 18.2 Å². The van der Waals surface area contributed by atoms with Gasteiger partial charge in [-0.25, -0.2) is 9.59 Å². The molecule has 0 heterocycles. The van der Waals surface area contributed by atoms with Crippen LogP contribution < -0.4 is 10.6 Å². The number of amides is 2. The molecule has 2 amide bonds. The van der Waals surface area contributed by atoms with E-state index in [1.165, 1.54) is 0 Å². The molecule has 0 aliphatic heterocycles. The molecule has 1 unspecified atom stereocenters. The van der Waals surface area contributed by atoms with Gasteiger partial charge < -0.3 is 34.7 Å². The Bertz CT molecular complexity index is 2530. The van der Waals surface area contributed by atoms with E-state index in [4.69, 9.17) is 24.1 Å². The minimum absolute atomic E-state index is 0.0970. The lowest BCUT2D eigenvalue weighted by Crippen LogP contribution is -2.51. The standard InChI is InChI=1S/C60H66N2O8/c1-42(67-36-22-6-4-2-3-5-13-35-58(63)64)70-57(56(38-44-25-11-8-12-26-44)62-60(66)69-41-55-52-33-20-16-29-48(52)49-30-17-21-34-53(49)55)39-45(37-43-23-9-7-10-24-43)61-59(65)68-40-54-50-31-18-14-27-46(50)47-28-15-19-32-51(47)54/h7-12,14-21,23-34,42,45,54-57H,2-6,13,22,35-41H2,1H3,(H,61,65)(H,62,66)(H,63,64)/t42?,45-,56-,57-/m0/s1. The van der Waals surface area contributed by atoms with Crippen LogP contribution in [0.5, 0.6) is 0 Å². The highest BCUT2D eigenvalue weighted by atomic mass is 16.7. The maximum Gasteiger partial charge on any atom is 0.407 e. The lowest BCUT2D eigenvalue weighted by Gasteiger charge is -2.33. The Morgan fingerprint density at radius 2 is 0.929 bits per heavy atom. The van der Waals surface area contributed by atoms with E-state index in [0.29, 0.717) is 32.3 Å². The Hall–Kier alpha value is -6.75. The topological polar surface area (TPSA) is 132 Å². The summed E-state index contributed by atoms with van der Waals surface area (Å²) in [5.41, 5.74) is 11.2. The molecule has 364 valence electrons. The third-order valence-corrected chi connectivity index (χ3v) is 13.7. The zero-order chi connectivity index (χ0) is 48.5. The number of ether oxygens (including phenoxy) is 4. The summed E-state index contributed by atoms with van der Waals surface area (Å²) in [4.78, 5) is 39.1. The zero-order valence-electron chi connectivity index (χ0n) is 40.2. The maximum atomic E-state index is 14.2. The predicted octanol–water partition coefficient (Wildman–Crippen LogP) is 12.6. The highest BCUT2D eigenvalue weighted by molar-refractivity contribution is 5.80. The smallest absolute Gasteiger partial charge is 0.407 e. The summed E-state index contributed by atoms with van der Waals surface area (Å²) in [7, 11) is 0. The number of fused-ring (bicyclic) bond motifs is 6. The van der Waals surface area contributed by atoms with Crippen molar-refractivity contribution >= 4 is 18.2 Å². The number of benzene rings is 6. The Labute approximate surface area is 412 Å². The van der Waals surface area contributed by atoms with Crippen molar-refractivity contribution in [1.29, 1.82) is 0 Å². The molecular weight excluding hydrogens is 877 g/mol. The van der Waals surface area contributed by atoms with Crippen molar-refractivity contribution in [3.05, 3.63) is 191 Å². The monoisotopic (exact) mass is 942 g/mol. The lowest BCUT2D eigenvalue weighted by molar-refractivity contribution is -0.169. The maximum absolute atomic E-state index is 14.2.